The number of rotatable bonds is 7. The number of aryl methyl sites for hydroxylation is 1. The Morgan fingerprint density at radius 2 is 1.42 bits per heavy atom. The molecular weight excluding hydrogens is 583 g/mol. The van der Waals surface area contributed by atoms with E-state index in [2.05, 4.69) is 44.8 Å². The average Bonchev–Trinajstić information content (AvgIpc) is 2.89. The predicted molar refractivity (Wildman–Crippen MR) is 172 cm³/mol. The van der Waals surface area contributed by atoms with E-state index in [9.17, 15) is 14.4 Å². The van der Waals surface area contributed by atoms with Gasteiger partial charge in [0.15, 0.2) is 23.9 Å². The van der Waals surface area contributed by atoms with Gasteiger partial charge in [0.2, 0.25) is 0 Å². The van der Waals surface area contributed by atoms with Crippen molar-refractivity contribution in [1.82, 2.24) is 4.90 Å². The molecule has 2 aromatic carbocycles. The number of allylic oxidation sites excluding steroid dienone is 4. The zero-order valence-electron chi connectivity index (χ0n) is 25.8. The molecule has 43 heavy (non-hydrogen) atoms. The summed E-state index contributed by atoms with van der Waals surface area (Å²) in [6.45, 7) is 13.1. The highest BCUT2D eigenvalue weighted by atomic mass is 35.5. The van der Waals surface area contributed by atoms with Gasteiger partial charge in [-0.2, -0.15) is 0 Å². The van der Waals surface area contributed by atoms with Crippen molar-refractivity contribution in [2.24, 2.45) is 10.8 Å². The van der Waals surface area contributed by atoms with Gasteiger partial charge in [-0.05, 0) is 66.8 Å². The number of hydrogen-bond acceptors (Lipinski definition) is 5. The maximum Gasteiger partial charge on any atom is 0.262 e. The highest BCUT2D eigenvalue weighted by molar-refractivity contribution is 6.37. The fourth-order valence-electron chi connectivity index (χ4n) is 6.73. The maximum atomic E-state index is 13.9. The summed E-state index contributed by atoms with van der Waals surface area (Å²) in [5.41, 5.74) is 5.44. The maximum absolute atomic E-state index is 13.9. The number of carbonyl (C=O) groups is 3. The van der Waals surface area contributed by atoms with E-state index in [1.165, 1.54) is 0 Å². The first-order valence-electron chi connectivity index (χ1n) is 15.0. The highest BCUT2D eigenvalue weighted by Crippen LogP contribution is 2.55. The number of hydrogen-bond donors (Lipinski definition) is 1. The first kappa shape index (κ1) is 31.3. The number of amides is 1. The van der Waals surface area contributed by atoms with Crippen LogP contribution in [0.2, 0.25) is 10.0 Å². The molecule has 8 heteroatoms. The molecule has 0 saturated heterocycles. The molecule has 2 aromatic rings. The van der Waals surface area contributed by atoms with E-state index in [1.54, 1.807) is 12.1 Å². The Labute approximate surface area is 264 Å². The quantitative estimate of drug-likeness (QED) is 0.335. The standard InChI is InChI=1S/C35H40Cl2N2O4/c1-7-12-39-25-15-34(3,4)17-27(40)31(25)30(32-26(39)16-35(5,6)18-28(32)41)21-13-23(36)33(24(37)14-21)43-19-29(42)38-22-10-8-20(2)9-11-22/h8-11,13-14,30H,7,12,15-19H2,1-6H3,(H,38,42). The summed E-state index contributed by atoms with van der Waals surface area (Å²) in [5, 5.41) is 3.24. The lowest BCUT2D eigenvalue weighted by molar-refractivity contribution is -0.120. The monoisotopic (exact) mass is 622 g/mol. The smallest absolute Gasteiger partial charge is 0.262 e. The van der Waals surface area contributed by atoms with Crippen LogP contribution in [0.15, 0.2) is 58.9 Å². The predicted octanol–water partition coefficient (Wildman–Crippen LogP) is 8.41. The van der Waals surface area contributed by atoms with Crippen LogP contribution < -0.4 is 10.1 Å². The zero-order chi connectivity index (χ0) is 31.3. The lowest BCUT2D eigenvalue weighted by Crippen LogP contribution is -2.44. The Bertz CT molecular complexity index is 1470. The molecule has 3 aliphatic rings. The molecule has 0 atom stereocenters. The summed E-state index contributed by atoms with van der Waals surface area (Å²) in [6, 6.07) is 10.9. The molecule has 1 amide bonds. The van der Waals surface area contributed by atoms with Crippen molar-refractivity contribution in [3.63, 3.8) is 0 Å². The number of benzene rings is 2. The van der Waals surface area contributed by atoms with E-state index in [1.807, 2.05) is 31.2 Å². The lowest BCUT2D eigenvalue weighted by Gasteiger charge is -2.49. The Kier molecular flexibility index (Phi) is 8.58. The third-order valence-electron chi connectivity index (χ3n) is 8.51. The van der Waals surface area contributed by atoms with Crippen molar-refractivity contribution in [1.29, 1.82) is 0 Å². The van der Waals surface area contributed by atoms with Crippen molar-refractivity contribution in [2.45, 2.75) is 79.6 Å². The van der Waals surface area contributed by atoms with Crippen LogP contribution in [0, 0.1) is 17.8 Å². The summed E-state index contributed by atoms with van der Waals surface area (Å²) in [7, 11) is 0. The molecule has 1 heterocycles. The summed E-state index contributed by atoms with van der Waals surface area (Å²) in [5.74, 6) is -0.605. The SMILES string of the molecule is CCCN1C2=C(C(=O)CC(C)(C)C2)C(c2cc(Cl)c(OCC(=O)Nc3ccc(C)cc3)c(Cl)c2)C2=C1CC(C)(C)CC2=O. The van der Waals surface area contributed by atoms with E-state index in [4.69, 9.17) is 27.9 Å². The van der Waals surface area contributed by atoms with Crippen molar-refractivity contribution >= 4 is 46.4 Å². The molecule has 1 aliphatic heterocycles. The molecule has 0 aromatic heterocycles. The van der Waals surface area contributed by atoms with Gasteiger partial charge in [-0.25, -0.2) is 0 Å². The molecule has 0 spiro atoms. The Balaban J connectivity index is 1.53. The third kappa shape index (κ3) is 6.41. The second-order valence-electron chi connectivity index (χ2n) is 13.7. The first-order chi connectivity index (χ1) is 20.2. The van der Waals surface area contributed by atoms with Gasteiger partial charge in [-0.3, -0.25) is 14.4 Å². The largest absolute Gasteiger partial charge is 0.481 e. The molecule has 2 aliphatic carbocycles. The van der Waals surface area contributed by atoms with Gasteiger partial charge in [-0.15, -0.1) is 0 Å². The van der Waals surface area contributed by atoms with Crippen LogP contribution in [0.5, 0.6) is 5.75 Å². The molecule has 5 rings (SSSR count). The zero-order valence-corrected chi connectivity index (χ0v) is 27.3. The Morgan fingerprint density at radius 1 is 0.907 bits per heavy atom. The van der Waals surface area contributed by atoms with Gasteiger partial charge in [0.05, 0.1) is 10.0 Å². The molecule has 0 saturated carbocycles. The number of anilines is 1. The molecule has 228 valence electrons. The fourth-order valence-corrected chi connectivity index (χ4v) is 7.34. The minimum Gasteiger partial charge on any atom is -0.481 e. The van der Waals surface area contributed by atoms with Crippen molar-refractivity contribution in [3.8, 4) is 5.75 Å². The second-order valence-corrected chi connectivity index (χ2v) is 14.5. The molecule has 1 N–H and O–H groups in total. The van der Waals surface area contributed by atoms with Crippen LogP contribution in [-0.4, -0.2) is 35.5 Å². The van der Waals surface area contributed by atoms with E-state index in [-0.39, 0.29) is 50.7 Å². The first-order valence-corrected chi connectivity index (χ1v) is 15.7. The Morgan fingerprint density at radius 3 is 1.91 bits per heavy atom. The number of Topliss-reactive ketones (excluding diaryl/α,β-unsaturated/α-hetero) is 2. The number of halogens is 2. The lowest BCUT2D eigenvalue weighted by atomic mass is 9.63. The minimum absolute atomic E-state index is 0.0573. The molecule has 0 radical (unpaired) electrons. The summed E-state index contributed by atoms with van der Waals surface area (Å²) in [6.07, 6.45) is 3.19. The van der Waals surface area contributed by atoms with Crippen molar-refractivity contribution in [2.75, 3.05) is 18.5 Å². The normalized spacial score (nSPS) is 19.8. The third-order valence-corrected chi connectivity index (χ3v) is 9.07. The summed E-state index contributed by atoms with van der Waals surface area (Å²) in [4.78, 5) is 42.7. The molecule has 0 fully saturated rings. The van der Waals surface area contributed by atoms with Crippen LogP contribution in [-0.2, 0) is 14.4 Å². The van der Waals surface area contributed by atoms with Crippen LogP contribution >= 0.6 is 23.2 Å². The molecule has 6 nitrogen and oxygen atoms in total. The van der Waals surface area contributed by atoms with Crippen LogP contribution in [0.3, 0.4) is 0 Å². The van der Waals surface area contributed by atoms with Gasteiger partial charge in [0.1, 0.15) is 0 Å². The molecular formula is C35H40Cl2N2O4. The number of ether oxygens (including phenoxy) is 1. The van der Waals surface area contributed by atoms with Crippen LogP contribution in [0.1, 0.15) is 83.8 Å². The molecule has 0 bridgehead atoms. The number of nitrogens with zero attached hydrogens (tertiary/aromatic N) is 1. The minimum atomic E-state index is -0.556. The number of carbonyl (C=O) groups excluding carboxylic acids is 3. The van der Waals surface area contributed by atoms with Gasteiger partial charge in [0, 0.05) is 53.5 Å². The van der Waals surface area contributed by atoms with E-state index >= 15 is 0 Å². The van der Waals surface area contributed by atoms with E-state index in [0.29, 0.717) is 35.2 Å². The highest BCUT2D eigenvalue weighted by Gasteiger charge is 2.49. The van der Waals surface area contributed by atoms with Crippen LogP contribution in [0.25, 0.3) is 0 Å². The average molecular weight is 624 g/mol. The van der Waals surface area contributed by atoms with E-state index < -0.39 is 5.92 Å². The summed E-state index contributed by atoms with van der Waals surface area (Å²) >= 11 is 13.5. The van der Waals surface area contributed by atoms with Crippen LogP contribution in [0.4, 0.5) is 5.69 Å². The summed E-state index contributed by atoms with van der Waals surface area (Å²) < 4.78 is 5.78. The fraction of sp³-hybridized carbons (Fsp3) is 0.457. The van der Waals surface area contributed by atoms with Crippen molar-refractivity contribution < 1.29 is 19.1 Å². The van der Waals surface area contributed by atoms with Crippen molar-refractivity contribution in [3.05, 3.63) is 80.1 Å². The number of nitrogens with one attached hydrogen (secondary N) is 1. The van der Waals surface area contributed by atoms with Gasteiger partial charge in [-0.1, -0.05) is 75.5 Å². The molecule has 0 unspecified atom stereocenters. The van der Waals surface area contributed by atoms with Gasteiger partial charge in [0.25, 0.3) is 5.91 Å². The number of ketones is 2. The van der Waals surface area contributed by atoms with Gasteiger partial charge >= 0.3 is 0 Å². The van der Waals surface area contributed by atoms with E-state index in [0.717, 1.165) is 42.8 Å². The van der Waals surface area contributed by atoms with Gasteiger partial charge < -0.3 is 15.0 Å². The Hall–Kier alpha value is -3.09. The topological polar surface area (TPSA) is 75.7 Å². The second kappa shape index (κ2) is 11.8.